The number of likely N-dealkylation sites (N-methyl/N-ethyl adjacent to an activating group) is 1. The number of ether oxygens (including phenoxy) is 1. The molecule has 0 radical (unpaired) electrons. The number of hydrogen-bond acceptors (Lipinski definition) is 3. The summed E-state index contributed by atoms with van der Waals surface area (Å²) in [5, 5.41) is 10.5. The summed E-state index contributed by atoms with van der Waals surface area (Å²) in [4.78, 5) is 26.3. The molecule has 1 unspecified atom stereocenters. The molecule has 4 rings (SSSR count). The number of fused-ring (bicyclic) bond motifs is 3. The summed E-state index contributed by atoms with van der Waals surface area (Å²) in [7, 11) is 1.46. The fourth-order valence-electron chi connectivity index (χ4n) is 4.23. The van der Waals surface area contributed by atoms with E-state index in [1.807, 2.05) is 36.4 Å². The number of benzene rings is 3. The number of amides is 1. The summed E-state index contributed by atoms with van der Waals surface area (Å²) >= 11 is 5.93. The zero-order chi connectivity index (χ0) is 22.9. The molecular formula is C26H24ClNO4. The first-order valence-corrected chi connectivity index (χ1v) is 10.8. The smallest absolute Gasteiger partial charge is 0.410 e. The standard InChI is InChI=1S/C26H24ClNO4/c1-26(24(29)30,15-17-11-13-18(27)14-12-17)28(2)25(31)32-16-23-21-9-5-3-7-19(21)20-8-4-6-10-22(20)23/h3-14,23H,15-16H2,1-2H3,(H,29,30). The molecule has 1 amide bonds. The van der Waals surface area contributed by atoms with Crippen molar-refractivity contribution >= 4 is 23.7 Å². The van der Waals surface area contributed by atoms with E-state index in [4.69, 9.17) is 16.3 Å². The van der Waals surface area contributed by atoms with E-state index in [0.717, 1.165) is 32.7 Å². The Bertz CT molecular complexity index is 1110. The molecule has 0 aromatic heterocycles. The average Bonchev–Trinajstić information content (AvgIpc) is 3.12. The van der Waals surface area contributed by atoms with Gasteiger partial charge in [-0.05, 0) is 46.9 Å². The molecule has 3 aromatic rings. The summed E-state index contributed by atoms with van der Waals surface area (Å²) in [6.45, 7) is 1.65. The molecule has 0 aliphatic heterocycles. The van der Waals surface area contributed by atoms with Gasteiger partial charge in [-0.1, -0.05) is 72.3 Å². The van der Waals surface area contributed by atoms with Crippen molar-refractivity contribution in [2.75, 3.05) is 13.7 Å². The quantitative estimate of drug-likeness (QED) is 0.531. The van der Waals surface area contributed by atoms with Crippen LogP contribution in [-0.4, -0.2) is 41.3 Å². The van der Waals surface area contributed by atoms with E-state index in [0.29, 0.717) is 5.02 Å². The van der Waals surface area contributed by atoms with Crippen LogP contribution in [0.2, 0.25) is 5.02 Å². The van der Waals surface area contributed by atoms with Gasteiger partial charge in [-0.25, -0.2) is 9.59 Å². The molecular weight excluding hydrogens is 426 g/mol. The number of hydrogen-bond donors (Lipinski definition) is 1. The van der Waals surface area contributed by atoms with Crippen LogP contribution >= 0.6 is 11.6 Å². The first-order chi connectivity index (χ1) is 15.3. The summed E-state index contributed by atoms with van der Waals surface area (Å²) in [6, 6.07) is 23.1. The molecule has 1 aliphatic rings. The van der Waals surface area contributed by atoms with Crippen molar-refractivity contribution in [2.45, 2.75) is 24.8 Å². The van der Waals surface area contributed by atoms with Gasteiger partial charge in [-0.15, -0.1) is 0 Å². The van der Waals surface area contributed by atoms with Gasteiger partial charge in [0.05, 0.1) is 0 Å². The number of carbonyl (C=O) groups excluding carboxylic acids is 1. The molecule has 1 aliphatic carbocycles. The fraction of sp³-hybridized carbons (Fsp3) is 0.231. The lowest BCUT2D eigenvalue weighted by atomic mass is 9.91. The minimum Gasteiger partial charge on any atom is -0.479 e. The van der Waals surface area contributed by atoms with Gasteiger partial charge in [0.1, 0.15) is 12.1 Å². The Hall–Kier alpha value is -3.31. The van der Waals surface area contributed by atoms with Crippen molar-refractivity contribution in [1.29, 1.82) is 0 Å². The van der Waals surface area contributed by atoms with Gasteiger partial charge in [0.25, 0.3) is 0 Å². The van der Waals surface area contributed by atoms with Crippen LogP contribution in [0.4, 0.5) is 4.79 Å². The Morgan fingerprint density at radius 3 is 2.03 bits per heavy atom. The van der Waals surface area contributed by atoms with Crippen LogP contribution in [0.3, 0.4) is 0 Å². The fourth-order valence-corrected chi connectivity index (χ4v) is 4.36. The van der Waals surface area contributed by atoms with E-state index in [2.05, 4.69) is 12.1 Å². The first-order valence-electron chi connectivity index (χ1n) is 10.4. The van der Waals surface area contributed by atoms with Crippen molar-refractivity contribution in [2.24, 2.45) is 0 Å². The Morgan fingerprint density at radius 1 is 0.969 bits per heavy atom. The van der Waals surface area contributed by atoms with Crippen LogP contribution in [0, 0.1) is 0 Å². The average molecular weight is 450 g/mol. The Kier molecular flexibility index (Phi) is 5.94. The maximum absolute atomic E-state index is 12.9. The lowest BCUT2D eigenvalue weighted by Crippen LogP contribution is -2.54. The van der Waals surface area contributed by atoms with E-state index < -0.39 is 17.6 Å². The summed E-state index contributed by atoms with van der Waals surface area (Å²) in [5.41, 5.74) is 3.76. The van der Waals surface area contributed by atoms with E-state index >= 15 is 0 Å². The maximum atomic E-state index is 12.9. The van der Waals surface area contributed by atoms with E-state index in [-0.39, 0.29) is 18.9 Å². The number of halogens is 1. The Labute approximate surface area is 192 Å². The van der Waals surface area contributed by atoms with Gasteiger partial charge in [-0.3, -0.25) is 4.90 Å². The second kappa shape index (κ2) is 8.67. The predicted octanol–water partition coefficient (Wildman–Crippen LogP) is 5.61. The number of carboxylic acid groups (broad SMARTS) is 1. The second-order valence-electron chi connectivity index (χ2n) is 8.25. The highest BCUT2D eigenvalue weighted by atomic mass is 35.5. The van der Waals surface area contributed by atoms with Crippen molar-refractivity contribution in [1.82, 2.24) is 4.90 Å². The summed E-state index contributed by atoms with van der Waals surface area (Å²) < 4.78 is 5.66. The highest BCUT2D eigenvalue weighted by molar-refractivity contribution is 6.30. The monoisotopic (exact) mass is 449 g/mol. The third kappa shape index (κ3) is 3.96. The third-order valence-electron chi connectivity index (χ3n) is 6.27. The zero-order valence-corrected chi connectivity index (χ0v) is 18.7. The van der Waals surface area contributed by atoms with Crippen molar-refractivity contribution < 1.29 is 19.4 Å². The minimum absolute atomic E-state index is 0.0906. The molecule has 1 atom stereocenters. The van der Waals surface area contributed by atoms with Crippen LogP contribution < -0.4 is 0 Å². The summed E-state index contributed by atoms with van der Waals surface area (Å²) in [6.07, 6.45) is -0.550. The number of carbonyl (C=O) groups is 2. The molecule has 0 fully saturated rings. The van der Waals surface area contributed by atoms with Crippen molar-refractivity contribution in [3.8, 4) is 11.1 Å². The van der Waals surface area contributed by atoms with Gasteiger partial charge in [0.15, 0.2) is 0 Å². The topological polar surface area (TPSA) is 66.8 Å². The van der Waals surface area contributed by atoms with Crippen LogP contribution in [0.15, 0.2) is 72.8 Å². The highest BCUT2D eigenvalue weighted by Crippen LogP contribution is 2.44. The molecule has 0 bridgehead atoms. The van der Waals surface area contributed by atoms with Gasteiger partial charge in [0, 0.05) is 24.4 Å². The SMILES string of the molecule is CN(C(=O)OCC1c2ccccc2-c2ccccc21)C(C)(Cc1ccc(Cl)cc1)C(=O)O. The molecule has 164 valence electrons. The number of nitrogens with zero attached hydrogens (tertiary/aromatic N) is 1. The van der Waals surface area contributed by atoms with Gasteiger partial charge in [-0.2, -0.15) is 0 Å². The molecule has 0 heterocycles. The number of rotatable bonds is 6. The Morgan fingerprint density at radius 2 is 1.50 bits per heavy atom. The van der Waals surface area contributed by atoms with E-state index in [9.17, 15) is 14.7 Å². The van der Waals surface area contributed by atoms with Crippen LogP contribution in [0.25, 0.3) is 11.1 Å². The van der Waals surface area contributed by atoms with E-state index in [1.165, 1.54) is 14.0 Å². The van der Waals surface area contributed by atoms with Gasteiger partial charge in [0.2, 0.25) is 0 Å². The molecule has 5 nitrogen and oxygen atoms in total. The number of aliphatic carboxylic acids is 1. The van der Waals surface area contributed by atoms with Crippen molar-refractivity contribution in [3.05, 3.63) is 94.5 Å². The molecule has 1 N–H and O–H groups in total. The maximum Gasteiger partial charge on any atom is 0.410 e. The van der Waals surface area contributed by atoms with Crippen molar-refractivity contribution in [3.63, 3.8) is 0 Å². The lowest BCUT2D eigenvalue weighted by Gasteiger charge is -2.34. The van der Waals surface area contributed by atoms with Crippen LogP contribution in [0.1, 0.15) is 29.5 Å². The Balaban J connectivity index is 1.52. The van der Waals surface area contributed by atoms with Crippen LogP contribution in [0.5, 0.6) is 0 Å². The normalized spacial score (nSPS) is 14.2. The second-order valence-corrected chi connectivity index (χ2v) is 8.68. The van der Waals surface area contributed by atoms with E-state index in [1.54, 1.807) is 24.3 Å². The highest BCUT2D eigenvalue weighted by Gasteiger charge is 2.41. The molecule has 3 aromatic carbocycles. The molecule has 32 heavy (non-hydrogen) atoms. The summed E-state index contributed by atoms with van der Waals surface area (Å²) in [5.74, 6) is -1.20. The number of carboxylic acids is 1. The first kappa shape index (κ1) is 21.9. The lowest BCUT2D eigenvalue weighted by molar-refractivity contribution is -0.148. The zero-order valence-electron chi connectivity index (χ0n) is 17.9. The molecule has 0 saturated carbocycles. The predicted molar refractivity (Wildman–Crippen MR) is 124 cm³/mol. The minimum atomic E-state index is -1.48. The molecule has 0 saturated heterocycles. The molecule has 0 spiro atoms. The van der Waals surface area contributed by atoms with Gasteiger partial charge >= 0.3 is 12.1 Å². The molecule has 6 heteroatoms. The van der Waals surface area contributed by atoms with Gasteiger partial charge < -0.3 is 9.84 Å². The third-order valence-corrected chi connectivity index (χ3v) is 6.52. The van der Waals surface area contributed by atoms with Crippen LogP contribution in [-0.2, 0) is 16.0 Å². The largest absolute Gasteiger partial charge is 0.479 e.